The van der Waals surface area contributed by atoms with Crippen molar-refractivity contribution in [2.75, 3.05) is 20.2 Å². The summed E-state index contributed by atoms with van der Waals surface area (Å²) in [6, 6.07) is 9.35. The molecule has 3 heterocycles. The number of ether oxygens (including phenoxy) is 1. The maximum absolute atomic E-state index is 13.3. The number of alkyl halides is 3. The first-order chi connectivity index (χ1) is 16.7. The summed E-state index contributed by atoms with van der Waals surface area (Å²) >= 11 is 0. The summed E-state index contributed by atoms with van der Waals surface area (Å²) in [7, 11) is 1.92. The standard InChI is InChI=1S/C25H27F3N6O/c1-15(2)16-5-6-19-18(8-10-35-22(19)12-16)13-34(4)14-21(29-3)20-11-17(7-9-30-20)23-24(25(26,27)28)32-33-31-23/h5-7,9,11-12,14-15,18H,3,8,10,13H2,1-2,4H3,(H,31,32,33)/b21-14-/t18-/m0/s1. The number of hydrogen-bond donors (Lipinski definition) is 1. The van der Waals surface area contributed by atoms with E-state index in [2.05, 4.69) is 59.1 Å². The Morgan fingerprint density at radius 2 is 2.11 bits per heavy atom. The topological polar surface area (TPSA) is 79.3 Å². The van der Waals surface area contributed by atoms with Crippen LogP contribution in [0.25, 0.3) is 17.0 Å². The van der Waals surface area contributed by atoms with Gasteiger partial charge >= 0.3 is 6.18 Å². The number of aliphatic imine (C=N–C) groups is 1. The molecule has 1 atom stereocenters. The van der Waals surface area contributed by atoms with Gasteiger partial charge in [0.2, 0.25) is 0 Å². The Bertz CT molecular complexity index is 1230. The van der Waals surface area contributed by atoms with Crippen molar-refractivity contribution in [3.63, 3.8) is 0 Å². The fourth-order valence-corrected chi connectivity index (χ4v) is 4.17. The molecular formula is C25H27F3N6O. The molecule has 35 heavy (non-hydrogen) atoms. The number of pyridine rings is 1. The molecule has 1 aromatic carbocycles. The molecule has 0 spiro atoms. The van der Waals surface area contributed by atoms with E-state index in [4.69, 9.17) is 4.74 Å². The highest BCUT2D eigenvalue weighted by Crippen LogP contribution is 2.37. The van der Waals surface area contributed by atoms with Crippen molar-refractivity contribution in [3.8, 4) is 17.0 Å². The molecule has 2 aromatic heterocycles. The molecule has 0 unspecified atom stereocenters. The summed E-state index contributed by atoms with van der Waals surface area (Å²) < 4.78 is 45.7. The largest absolute Gasteiger partial charge is 0.493 e. The lowest BCUT2D eigenvalue weighted by molar-refractivity contribution is -0.140. The number of hydrogen-bond acceptors (Lipinski definition) is 6. The monoisotopic (exact) mass is 484 g/mol. The number of rotatable bonds is 7. The second-order valence-corrected chi connectivity index (χ2v) is 8.86. The number of aromatic amines is 1. The number of nitrogens with one attached hydrogen (secondary N) is 1. The molecule has 0 saturated carbocycles. The van der Waals surface area contributed by atoms with Crippen molar-refractivity contribution >= 4 is 12.4 Å². The van der Waals surface area contributed by atoms with E-state index < -0.39 is 11.9 Å². The third-order valence-electron chi connectivity index (χ3n) is 6.02. The maximum Gasteiger partial charge on any atom is 0.435 e. The second kappa shape index (κ2) is 9.89. The number of fused-ring (bicyclic) bond motifs is 1. The van der Waals surface area contributed by atoms with Crippen LogP contribution in [-0.4, -0.2) is 52.2 Å². The van der Waals surface area contributed by atoms with Gasteiger partial charge in [-0.1, -0.05) is 31.2 Å². The molecule has 1 aliphatic rings. The van der Waals surface area contributed by atoms with Gasteiger partial charge in [-0.25, -0.2) is 0 Å². The lowest BCUT2D eigenvalue weighted by Crippen LogP contribution is -2.25. The number of H-pyrrole nitrogens is 1. The van der Waals surface area contributed by atoms with Crippen LogP contribution in [0.4, 0.5) is 13.2 Å². The van der Waals surface area contributed by atoms with Gasteiger partial charge in [0.25, 0.3) is 0 Å². The molecule has 1 aliphatic heterocycles. The normalized spacial score (nSPS) is 16.1. The first-order valence-electron chi connectivity index (χ1n) is 11.3. The zero-order valence-electron chi connectivity index (χ0n) is 19.8. The quantitative estimate of drug-likeness (QED) is 0.448. The maximum atomic E-state index is 13.3. The molecule has 1 N–H and O–H groups in total. The van der Waals surface area contributed by atoms with Crippen molar-refractivity contribution in [2.24, 2.45) is 4.99 Å². The van der Waals surface area contributed by atoms with Crippen LogP contribution in [0.3, 0.4) is 0 Å². The molecule has 0 bridgehead atoms. The van der Waals surface area contributed by atoms with Crippen molar-refractivity contribution < 1.29 is 17.9 Å². The number of halogens is 3. The van der Waals surface area contributed by atoms with Crippen LogP contribution in [0.5, 0.6) is 5.75 Å². The Hall–Kier alpha value is -3.69. The summed E-state index contributed by atoms with van der Waals surface area (Å²) in [6.07, 6.45) is -0.513. The SMILES string of the molecule is C=N/C(=C\N(C)C[C@@H]1CCOc2cc(C(C)C)ccc21)c1cc(-c2nn[nH]c2C(F)(F)F)ccn1. The van der Waals surface area contributed by atoms with Gasteiger partial charge in [-0.3, -0.25) is 15.1 Å². The molecule has 0 amide bonds. The number of nitrogens with zero attached hydrogens (tertiary/aromatic N) is 5. The Morgan fingerprint density at radius 3 is 2.83 bits per heavy atom. The van der Waals surface area contributed by atoms with Gasteiger partial charge < -0.3 is 9.64 Å². The molecule has 10 heteroatoms. The van der Waals surface area contributed by atoms with Crippen LogP contribution < -0.4 is 4.74 Å². The number of benzene rings is 1. The van der Waals surface area contributed by atoms with Crippen LogP contribution >= 0.6 is 0 Å². The van der Waals surface area contributed by atoms with Gasteiger partial charge in [0.05, 0.1) is 12.3 Å². The molecule has 4 rings (SSSR count). The zero-order valence-corrected chi connectivity index (χ0v) is 19.8. The molecule has 184 valence electrons. The Balaban J connectivity index is 1.56. The van der Waals surface area contributed by atoms with E-state index in [9.17, 15) is 13.2 Å². The smallest absolute Gasteiger partial charge is 0.435 e. The molecule has 0 fully saturated rings. The summed E-state index contributed by atoms with van der Waals surface area (Å²) in [5.41, 5.74) is 2.15. The van der Waals surface area contributed by atoms with E-state index in [-0.39, 0.29) is 17.2 Å². The highest BCUT2D eigenvalue weighted by Gasteiger charge is 2.37. The minimum absolute atomic E-state index is 0.229. The molecule has 0 radical (unpaired) electrons. The van der Waals surface area contributed by atoms with Crippen LogP contribution in [0.1, 0.15) is 54.6 Å². The first-order valence-corrected chi connectivity index (χ1v) is 11.3. The van der Waals surface area contributed by atoms with Crippen LogP contribution in [0.2, 0.25) is 0 Å². The summed E-state index contributed by atoms with van der Waals surface area (Å²) in [4.78, 5) is 10.4. The highest BCUT2D eigenvalue weighted by molar-refractivity contribution is 5.70. The predicted molar refractivity (Wildman–Crippen MR) is 128 cm³/mol. The number of likely N-dealkylation sites (N-methyl/N-ethyl adjacent to an activating group) is 1. The molecule has 0 saturated heterocycles. The van der Waals surface area contributed by atoms with Gasteiger partial charge in [0.1, 0.15) is 17.1 Å². The minimum Gasteiger partial charge on any atom is -0.493 e. The summed E-state index contributed by atoms with van der Waals surface area (Å²) in [5, 5.41) is 8.86. The van der Waals surface area contributed by atoms with E-state index in [1.807, 2.05) is 17.0 Å². The van der Waals surface area contributed by atoms with Crippen molar-refractivity contribution in [2.45, 2.75) is 38.3 Å². The molecular weight excluding hydrogens is 457 g/mol. The van der Waals surface area contributed by atoms with Crippen molar-refractivity contribution in [1.82, 2.24) is 25.3 Å². The lowest BCUT2D eigenvalue weighted by atomic mass is 9.90. The molecule has 0 aliphatic carbocycles. The summed E-state index contributed by atoms with van der Waals surface area (Å²) in [6.45, 7) is 9.29. The number of aromatic nitrogens is 4. The van der Waals surface area contributed by atoms with Gasteiger partial charge in [-0.05, 0) is 48.4 Å². The lowest BCUT2D eigenvalue weighted by Gasteiger charge is -2.30. The van der Waals surface area contributed by atoms with Crippen LogP contribution in [0.15, 0.2) is 47.7 Å². The van der Waals surface area contributed by atoms with Gasteiger partial charge in [0.15, 0.2) is 5.69 Å². The third-order valence-corrected chi connectivity index (χ3v) is 6.02. The van der Waals surface area contributed by atoms with E-state index in [1.54, 1.807) is 6.20 Å². The average Bonchev–Trinajstić information content (AvgIpc) is 3.33. The van der Waals surface area contributed by atoms with E-state index in [0.29, 0.717) is 30.5 Å². The Morgan fingerprint density at radius 1 is 1.31 bits per heavy atom. The van der Waals surface area contributed by atoms with Crippen LogP contribution in [0, 0.1) is 0 Å². The summed E-state index contributed by atoms with van der Waals surface area (Å²) in [5.74, 6) is 1.61. The van der Waals surface area contributed by atoms with Crippen LogP contribution in [-0.2, 0) is 6.18 Å². The van der Waals surface area contributed by atoms with Gasteiger partial charge in [-0.15, -0.1) is 5.10 Å². The average molecular weight is 485 g/mol. The molecule has 3 aromatic rings. The van der Waals surface area contributed by atoms with E-state index in [0.717, 1.165) is 12.2 Å². The zero-order chi connectivity index (χ0) is 25.2. The first kappa shape index (κ1) is 24.4. The van der Waals surface area contributed by atoms with E-state index in [1.165, 1.54) is 29.5 Å². The van der Waals surface area contributed by atoms with Crippen molar-refractivity contribution in [3.05, 3.63) is 65.2 Å². The fourth-order valence-electron chi connectivity index (χ4n) is 4.17. The van der Waals surface area contributed by atoms with Gasteiger partial charge in [0, 0.05) is 37.5 Å². The second-order valence-electron chi connectivity index (χ2n) is 8.86. The fraction of sp³-hybridized carbons (Fsp3) is 0.360. The predicted octanol–water partition coefficient (Wildman–Crippen LogP) is 5.51. The Labute approximate surface area is 201 Å². The third kappa shape index (κ3) is 5.36. The Kier molecular flexibility index (Phi) is 6.90. The minimum atomic E-state index is -4.60. The van der Waals surface area contributed by atoms with E-state index >= 15 is 0 Å². The van der Waals surface area contributed by atoms with Crippen molar-refractivity contribution in [1.29, 1.82) is 0 Å². The van der Waals surface area contributed by atoms with Gasteiger partial charge in [-0.2, -0.15) is 13.2 Å². The molecule has 7 nitrogen and oxygen atoms in total. The highest BCUT2D eigenvalue weighted by atomic mass is 19.4.